The van der Waals surface area contributed by atoms with Crippen molar-refractivity contribution in [1.29, 1.82) is 0 Å². The van der Waals surface area contributed by atoms with Crippen LogP contribution in [-0.2, 0) is 23.1 Å². The number of carbonyl (C=O) groups excluding carboxylic acids is 1. The monoisotopic (exact) mass is 452 g/mol. The third kappa shape index (κ3) is 20.5. The molecule has 2 unspecified atom stereocenters. The summed E-state index contributed by atoms with van der Waals surface area (Å²) in [4.78, 5) is 21.3. The number of aliphatic hydroxyl groups is 1. The maximum absolute atomic E-state index is 11.7. The van der Waals surface area contributed by atoms with Gasteiger partial charge in [-0.1, -0.05) is 44.8 Å². The van der Waals surface area contributed by atoms with Crippen LogP contribution in [0, 0.1) is 0 Å². The van der Waals surface area contributed by atoms with E-state index in [9.17, 15) is 19.4 Å². The molecule has 0 aromatic heterocycles. The number of nitrogens with zero attached hydrogens (tertiary/aromatic N) is 1. The first-order valence-corrected chi connectivity index (χ1v) is 12.5. The first kappa shape index (κ1) is 29.2. The summed E-state index contributed by atoms with van der Waals surface area (Å²) in [5, 5.41) is 9.76. The number of phosphoric ester groups is 1. The Hall–Kier alpha value is -0.760. The molecule has 30 heavy (non-hydrogen) atoms. The fraction of sp³-hybridized carbons (Fsp3) is 0.857. The van der Waals surface area contributed by atoms with Crippen LogP contribution in [0.1, 0.15) is 64.7 Å². The molecule has 0 saturated heterocycles. The van der Waals surface area contributed by atoms with E-state index in [2.05, 4.69) is 19.1 Å². The number of rotatable bonds is 19. The predicted molar refractivity (Wildman–Crippen MR) is 118 cm³/mol. The lowest BCUT2D eigenvalue weighted by atomic mass is 10.1. The molecule has 0 saturated carbocycles. The van der Waals surface area contributed by atoms with Crippen LogP contribution in [0.5, 0.6) is 0 Å². The zero-order chi connectivity index (χ0) is 22.9. The Morgan fingerprint density at radius 3 is 2.30 bits per heavy atom. The van der Waals surface area contributed by atoms with Crippen LogP contribution in [-0.4, -0.2) is 74.1 Å². The Labute approximate surface area is 182 Å². The fourth-order valence-corrected chi connectivity index (χ4v) is 3.17. The lowest BCUT2D eigenvalue weighted by molar-refractivity contribution is -0.870. The largest absolute Gasteiger partial charge is 0.472 e. The van der Waals surface area contributed by atoms with Crippen LogP contribution in [0.3, 0.4) is 0 Å². The number of quaternary nitrogens is 1. The summed E-state index contributed by atoms with van der Waals surface area (Å²) in [7, 11) is 1.55. The summed E-state index contributed by atoms with van der Waals surface area (Å²) in [5.41, 5.74) is 0. The zero-order valence-electron chi connectivity index (χ0n) is 19.3. The van der Waals surface area contributed by atoms with Gasteiger partial charge in [-0.05, 0) is 25.7 Å². The first-order valence-electron chi connectivity index (χ1n) is 11.0. The van der Waals surface area contributed by atoms with E-state index in [1.165, 1.54) is 12.8 Å². The van der Waals surface area contributed by atoms with E-state index < -0.39 is 20.5 Å². The highest BCUT2D eigenvalue weighted by Crippen LogP contribution is 2.43. The number of ether oxygens (including phenoxy) is 1. The highest BCUT2D eigenvalue weighted by Gasteiger charge is 2.24. The van der Waals surface area contributed by atoms with Crippen molar-refractivity contribution in [3.8, 4) is 0 Å². The normalized spacial score (nSPS) is 15.3. The maximum Gasteiger partial charge on any atom is 0.472 e. The van der Waals surface area contributed by atoms with Crippen LogP contribution in [0.4, 0.5) is 0 Å². The van der Waals surface area contributed by atoms with E-state index >= 15 is 0 Å². The van der Waals surface area contributed by atoms with Gasteiger partial charge in [0, 0.05) is 6.42 Å². The average molecular weight is 453 g/mol. The Bertz CT molecular complexity index is 520. The van der Waals surface area contributed by atoms with E-state index in [1.54, 1.807) is 0 Å². The molecule has 0 amide bonds. The smallest absolute Gasteiger partial charge is 0.463 e. The standard InChI is InChI=1S/C21H42NO7P/c1-5-6-7-8-9-10-11-12-13-14-15-21(24)27-18-20(23)19-29-30(25,26)28-17-16-22(2,3)4/h7-8,20,23H,5-6,9-19H2,1-4H3/p+1/b8-7-. The molecule has 8 nitrogen and oxygen atoms in total. The molecule has 0 rings (SSSR count). The molecule has 0 aromatic carbocycles. The number of esters is 1. The quantitative estimate of drug-likeness (QED) is 0.101. The van der Waals surface area contributed by atoms with E-state index in [4.69, 9.17) is 13.8 Å². The second-order valence-electron chi connectivity index (χ2n) is 8.51. The second-order valence-corrected chi connectivity index (χ2v) is 9.97. The van der Waals surface area contributed by atoms with Gasteiger partial charge < -0.3 is 19.2 Å². The van der Waals surface area contributed by atoms with Gasteiger partial charge in [-0.3, -0.25) is 13.8 Å². The summed E-state index contributed by atoms with van der Waals surface area (Å²) >= 11 is 0. The van der Waals surface area contributed by atoms with Crippen LogP contribution >= 0.6 is 7.82 Å². The number of unbranched alkanes of at least 4 members (excludes halogenated alkanes) is 6. The lowest BCUT2D eigenvalue weighted by Gasteiger charge is -2.24. The Morgan fingerprint density at radius 2 is 1.63 bits per heavy atom. The van der Waals surface area contributed by atoms with Gasteiger partial charge in [0.15, 0.2) is 0 Å². The number of hydrogen-bond acceptors (Lipinski definition) is 6. The van der Waals surface area contributed by atoms with Crippen molar-refractivity contribution < 1.29 is 37.6 Å². The molecule has 0 aliphatic heterocycles. The second kappa shape index (κ2) is 16.9. The molecule has 2 atom stereocenters. The van der Waals surface area contributed by atoms with Crippen molar-refractivity contribution in [1.82, 2.24) is 0 Å². The molecule has 0 aromatic rings. The molecule has 0 aliphatic carbocycles. The van der Waals surface area contributed by atoms with Gasteiger partial charge in [0.05, 0.1) is 27.7 Å². The minimum Gasteiger partial charge on any atom is -0.463 e. The van der Waals surface area contributed by atoms with Crippen molar-refractivity contribution in [3.05, 3.63) is 12.2 Å². The van der Waals surface area contributed by atoms with Crippen molar-refractivity contribution in [2.24, 2.45) is 0 Å². The molecule has 0 fully saturated rings. The number of hydrogen-bond donors (Lipinski definition) is 2. The number of carbonyl (C=O) groups is 1. The number of allylic oxidation sites excluding steroid dienone is 2. The van der Waals surface area contributed by atoms with Crippen molar-refractivity contribution in [2.45, 2.75) is 70.8 Å². The van der Waals surface area contributed by atoms with Gasteiger partial charge >= 0.3 is 13.8 Å². The molecule has 0 spiro atoms. The Morgan fingerprint density at radius 1 is 1.00 bits per heavy atom. The van der Waals surface area contributed by atoms with Crippen LogP contribution in [0.2, 0.25) is 0 Å². The predicted octanol–water partition coefficient (Wildman–Crippen LogP) is 3.82. The summed E-state index contributed by atoms with van der Waals surface area (Å²) in [6.07, 6.45) is 12.2. The molecule has 0 aliphatic rings. The topological polar surface area (TPSA) is 102 Å². The zero-order valence-corrected chi connectivity index (χ0v) is 20.1. The van der Waals surface area contributed by atoms with Crippen LogP contribution in [0.25, 0.3) is 0 Å². The average Bonchev–Trinajstić information content (AvgIpc) is 2.65. The van der Waals surface area contributed by atoms with Crippen molar-refractivity contribution in [3.63, 3.8) is 0 Å². The lowest BCUT2D eigenvalue weighted by Crippen LogP contribution is -2.37. The summed E-state index contributed by atoms with van der Waals surface area (Å²) < 4.78 is 26.9. The maximum atomic E-state index is 11.7. The van der Waals surface area contributed by atoms with E-state index in [-0.39, 0.29) is 19.2 Å². The van der Waals surface area contributed by atoms with Gasteiger partial charge in [0.2, 0.25) is 0 Å². The minimum atomic E-state index is -4.23. The Balaban J connectivity index is 3.70. The highest BCUT2D eigenvalue weighted by molar-refractivity contribution is 7.47. The SMILES string of the molecule is CCC/C=C\CCCCCCCC(=O)OCC(O)COP(=O)(O)OCC[N+](C)(C)C. The van der Waals surface area contributed by atoms with Gasteiger partial charge in [0.25, 0.3) is 0 Å². The molecule has 178 valence electrons. The summed E-state index contributed by atoms with van der Waals surface area (Å²) in [6, 6.07) is 0. The van der Waals surface area contributed by atoms with E-state index in [0.29, 0.717) is 17.4 Å². The van der Waals surface area contributed by atoms with Gasteiger partial charge in [0.1, 0.15) is 25.9 Å². The minimum absolute atomic E-state index is 0.0535. The fourth-order valence-electron chi connectivity index (χ4n) is 2.42. The summed E-state index contributed by atoms with van der Waals surface area (Å²) in [6.45, 7) is 2.03. The molecule has 0 bridgehead atoms. The molecule has 2 N–H and O–H groups in total. The molecule has 0 heterocycles. The van der Waals surface area contributed by atoms with Crippen LogP contribution < -0.4 is 0 Å². The number of likely N-dealkylation sites (N-methyl/N-ethyl adjacent to an activating group) is 1. The molecular formula is C21H43NO7P+. The van der Waals surface area contributed by atoms with Crippen molar-refractivity contribution >= 4 is 13.8 Å². The third-order valence-corrected chi connectivity index (χ3v) is 5.24. The van der Waals surface area contributed by atoms with E-state index in [1.807, 2.05) is 21.1 Å². The molecular weight excluding hydrogens is 409 g/mol. The molecule has 0 radical (unpaired) electrons. The number of phosphoric acid groups is 1. The van der Waals surface area contributed by atoms with Crippen molar-refractivity contribution in [2.75, 3.05) is 47.5 Å². The van der Waals surface area contributed by atoms with E-state index in [0.717, 1.165) is 38.5 Å². The van der Waals surface area contributed by atoms with Crippen LogP contribution in [0.15, 0.2) is 12.2 Å². The number of aliphatic hydroxyl groups excluding tert-OH is 1. The van der Waals surface area contributed by atoms with Gasteiger partial charge in [-0.25, -0.2) is 4.57 Å². The van der Waals surface area contributed by atoms with Gasteiger partial charge in [-0.15, -0.1) is 0 Å². The third-order valence-electron chi connectivity index (χ3n) is 4.26. The first-order chi connectivity index (χ1) is 14.1. The Kier molecular flexibility index (Phi) is 16.4. The highest BCUT2D eigenvalue weighted by atomic mass is 31.2. The molecule has 9 heteroatoms. The summed E-state index contributed by atoms with van der Waals surface area (Å²) in [5.74, 6) is -0.386. The van der Waals surface area contributed by atoms with Gasteiger partial charge in [-0.2, -0.15) is 0 Å².